The molecule has 4 nitrogen and oxygen atoms in total. The molecule has 2 unspecified atom stereocenters. The number of Topliss-reactive ketones (excluding diaryl/α,β-unsaturated/α-hetero) is 1. The Hall–Kier alpha value is -1.68. The van der Waals surface area contributed by atoms with E-state index in [1.165, 1.54) is 19.8 Å². The number of hydrogen-bond donors (Lipinski definition) is 1. The Morgan fingerprint density at radius 2 is 1.57 bits per heavy atom. The second kappa shape index (κ2) is 5.60. The van der Waals surface area contributed by atoms with Crippen molar-refractivity contribution in [2.75, 3.05) is 7.05 Å². The van der Waals surface area contributed by atoms with Gasteiger partial charge in [-0.05, 0) is 44.7 Å². The monoisotopic (exact) mass is 286 g/mol. The molecule has 1 amide bonds. The summed E-state index contributed by atoms with van der Waals surface area (Å²) in [6.45, 7) is 1.54. The van der Waals surface area contributed by atoms with Crippen LogP contribution in [0.3, 0.4) is 0 Å². The summed E-state index contributed by atoms with van der Waals surface area (Å²) in [6, 6.07) is 8.44. The van der Waals surface area contributed by atoms with E-state index >= 15 is 0 Å². The Labute approximate surface area is 125 Å². The van der Waals surface area contributed by atoms with Crippen molar-refractivity contribution in [3.8, 4) is 0 Å². The van der Waals surface area contributed by atoms with Crippen molar-refractivity contribution in [2.45, 2.75) is 50.7 Å². The molecule has 21 heavy (non-hydrogen) atoms. The highest BCUT2D eigenvalue weighted by molar-refractivity contribution is 5.97. The SMILES string of the molecule is CC(=O)c1ccc(C(=O)N(C)C2CC3CCC(C2)N3)cc1. The zero-order valence-corrected chi connectivity index (χ0v) is 12.6. The Morgan fingerprint density at radius 3 is 2.10 bits per heavy atom. The van der Waals surface area contributed by atoms with Crippen molar-refractivity contribution in [2.24, 2.45) is 0 Å². The Morgan fingerprint density at radius 1 is 1.05 bits per heavy atom. The van der Waals surface area contributed by atoms with Gasteiger partial charge in [0.25, 0.3) is 5.91 Å². The van der Waals surface area contributed by atoms with Crippen LogP contribution in [0.2, 0.25) is 0 Å². The van der Waals surface area contributed by atoms with Gasteiger partial charge >= 0.3 is 0 Å². The maximum Gasteiger partial charge on any atom is 0.253 e. The maximum atomic E-state index is 12.6. The van der Waals surface area contributed by atoms with Crippen LogP contribution in [-0.4, -0.2) is 41.8 Å². The number of ketones is 1. The molecule has 2 bridgehead atoms. The molecular formula is C17H22N2O2. The predicted molar refractivity (Wildman–Crippen MR) is 81.5 cm³/mol. The molecule has 3 rings (SSSR count). The van der Waals surface area contributed by atoms with Crippen molar-refractivity contribution in [3.05, 3.63) is 35.4 Å². The van der Waals surface area contributed by atoms with E-state index in [1.54, 1.807) is 24.3 Å². The van der Waals surface area contributed by atoms with Crippen LogP contribution in [0.15, 0.2) is 24.3 Å². The average Bonchev–Trinajstić information content (AvgIpc) is 2.84. The summed E-state index contributed by atoms with van der Waals surface area (Å²) in [5.74, 6) is 0.0775. The van der Waals surface area contributed by atoms with E-state index in [1.807, 2.05) is 11.9 Å². The number of carbonyl (C=O) groups is 2. The zero-order valence-electron chi connectivity index (χ0n) is 12.6. The van der Waals surface area contributed by atoms with Gasteiger partial charge in [0.2, 0.25) is 0 Å². The molecule has 0 saturated carbocycles. The quantitative estimate of drug-likeness (QED) is 0.867. The van der Waals surface area contributed by atoms with Crippen LogP contribution in [0, 0.1) is 0 Å². The molecule has 0 aromatic heterocycles. The standard InChI is InChI=1S/C17H22N2O2/c1-11(20)12-3-5-13(6-4-12)17(21)19(2)16-9-14-7-8-15(10-16)18-14/h3-6,14-16,18H,7-10H2,1-2H3. The van der Waals surface area contributed by atoms with Crippen LogP contribution >= 0.6 is 0 Å². The van der Waals surface area contributed by atoms with Gasteiger partial charge in [-0.1, -0.05) is 12.1 Å². The highest BCUT2D eigenvalue weighted by atomic mass is 16.2. The van der Waals surface area contributed by atoms with E-state index in [9.17, 15) is 9.59 Å². The lowest BCUT2D eigenvalue weighted by Gasteiger charge is -2.35. The third kappa shape index (κ3) is 2.86. The van der Waals surface area contributed by atoms with Gasteiger partial charge in [0.15, 0.2) is 5.78 Å². The average molecular weight is 286 g/mol. The maximum absolute atomic E-state index is 12.6. The predicted octanol–water partition coefficient (Wildman–Crippen LogP) is 2.24. The van der Waals surface area contributed by atoms with E-state index in [0.29, 0.717) is 29.3 Å². The van der Waals surface area contributed by atoms with Crippen molar-refractivity contribution in [1.82, 2.24) is 10.2 Å². The highest BCUT2D eigenvalue weighted by Crippen LogP contribution is 2.29. The molecule has 1 aromatic rings. The molecule has 2 atom stereocenters. The van der Waals surface area contributed by atoms with Gasteiger partial charge in [-0.25, -0.2) is 0 Å². The normalized spacial score (nSPS) is 27.4. The molecule has 0 spiro atoms. The number of carbonyl (C=O) groups excluding carboxylic acids is 2. The molecule has 4 heteroatoms. The van der Waals surface area contributed by atoms with Crippen molar-refractivity contribution >= 4 is 11.7 Å². The van der Waals surface area contributed by atoms with Crippen molar-refractivity contribution in [3.63, 3.8) is 0 Å². The molecule has 2 saturated heterocycles. The number of hydrogen-bond acceptors (Lipinski definition) is 3. The van der Waals surface area contributed by atoms with E-state index in [-0.39, 0.29) is 11.7 Å². The van der Waals surface area contributed by atoms with Gasteiger partial charge in [-0.15, -0.1) is 0 Å². The van der Waals surface area contributed by atoms with Gasteiger partial charge in [0.1, 0.15) is 0 Å². The Balaban J connectivity index is 1.70. The summed E-state index contributed by atoms with van der Waals surface area (Å²) < 4.78 is 0. The lowest BCUT2D eigenvalue weighted by molar-refractivity contribution is 0.0681. The first-order valence-electron chi connectivity index (χ1n) is 7.69. The van der Waals surface area contributed by atoms with E-state index < -0.39 is 0 Å². The molecule has 2 heterocycles. The summed E-state index contributed by atoms with van der Waals surface area (Å²) in [7, 11) is 1.90. The molecule has 2 fully saturated rings. The number of fused-ring (bicyclic) bond motifs is 2. The van der Waals surface area contributed by atoms with Crippen LogP contribution in [0.4, 0.5) is 0 Å². The van der Waals surface area contributed by atoms with E-state index in [0.717, 1.165) is 12.8 Å². The topological polar surface area (TPSA) is 49.4 Å². The lowest BCUT2D eigenvalue weighted by Crippen LogP contribution is -2.48. The molecule has 1 aromatic carbocycles. The lowest BCUT2D eigenvalue weighted by atomic mass is 9.97. The van der Waals surface area contributed by atoms with Crippen LogP contribution in [0.5, 0.6) is 0 Å². The van der Waals surface area contributed by atoms with Gasteiger partial charge < -0.3 is 10.2 Å². The van der Waals surface area contributed by atoms with Gasteiger partial charge in [0.05, 0.1) is 0 Å². The van der Waals surface area contributed by atoms with Gasteiger partial charge in [-0.3, -0.25) is 9.59 Å². The first-order valence-corrected chi connectivity index (χ1v) is 7.69. The molecule has 1 N–H and O–H groups in total. The summed E-state index contributed by atoms with van der Waals surface area (Å²) in [5, 5.41) is 3.60. The Bertz CT molecular complexity index is 540. The van der Waals surface area contributed by atoms with Crippen molar-refractivity contribution < 1.29 is 9.59 Å². The smallest absolute Gasteiger partial charge is 0.253 e. The molecule has 112 valence electrons. The fourth-order valence-corrected chi connectivity index (χ4v) is 3.56. The summed E-state index contributed by atoms with van der Waals surface area (Å²) in [4.78, 5) is 25.7. The zero-order chi connectivity index (χ0) is 15.0. The molecule has 2 aliphatic rings. The number of rotatable bonds is 3. The molecule has 0 radical (unpaired) electrons. The van der Waals surface area contributed by atoms with Crippen LogP contribution in [-0.2, 0) is 0 Å². The minimum Gasteiger partial charge on any atom is -0.339 e. The van der Waals surface area contributed by atoms with Gasteiger partial charge in [-0.2, -0.15) is 0 Å². The second-order valence-electron chi connectivity index (χ2n) is 6.31. The first-order chi connectivity index (χ1) is 10.0. The number of amides is 1. The number of benzene rings is 1. The minimum atomic E-state index is 0.0253. The number of nitrogens with zero attached hydrogens (tertiary/aromatic N) is 1. The summed E-state index contributed by atoms with van der Waals surface area (Å²) >= 11 is 0. The van der Waals surface area contributed by atoms with Crippen molar-refractivity contribution in [1.29, 1.82) is 0 Å². The summed E-state index contributed by atoms with van der Waals surface area (Å²) in [6.07, 6.45) is 4.56. The second-order valence-corrected chi connectivity index (χ2v) is 6.31. The Kier molecular flexibility index (Phi) is 3.81. The van der Waals surface area contributed by atoms with E-state index in [2.05, 4.69) is 5.32 Å². The van der Waals surface area contributed by atoms with Crippen LogP contribution < -0.4 is 5.32 Å². The first kappa shape index (κ1) is 14.3. The minimum absolute atomic E-state index is 0.0253. The van der Waals surface area contributed by atoms with Gasteiger partial charge in [0, 0.05) is 36.3 Å². The molecule has 0 aliphatic carbocycles. The number of nitrogens with one attached hydrogen (secondary N) is 1. The highest BCUT2D eigenvalue weighted by Gasteiger charge is 2.36. The molecular weight excluding hydrogens is 264 g/mol. The third-order valence-electron chi connectivity index (χ3n) is 4.85. The fourth-order valence-electron chi connectivity index (χ4n) is 3.56. The fraction of sp³-hybridized carbons (Fsp3) is 0.529. The molecule has 2 aliphatic heterocycles. The van der Waals surface area contributed by atoms with Crippen LogP contribution in [0.25, 0.3) is 0 Å². The summed E-state index contributed by atoms with van der Waals surface area (Å²) in [5.41, 5.74) is 1.31. The van der Waals surface area contributed by atoms with E-state index in [4.69, 9.17) is 0 Å². The number of piperidine rings is 1. The van der Waals surface area contributed by atoms with Crippen LogP contribution in [0.1, 0.15) is 53.3 Å². The largest absolute Gasteiger partial charge is 0.339 e. The third-order valence-corrected chi connectivity index (χ3v) is 4.85.